The van der Waals surface area contributed by atoms with Gasteiger partial charge in [-0.25, -0.2) is 9.59 Å². The van der Waals surface area contributed by atoms with Gasteiger partial charge in [0.2, 0.25) is 0 Å². The number of phenolic OH excluding ortho intramolecular Hbond substituents is 1. The number of benzene rings is 1. The molecule has 0 unspecified atom stereocenters. The number of carboxylic acid groups (broad SMARTS) is 1. The van der Waals surface area contributed by atoms with Crippen LogP contribution in [0.25, 0.3) is 11.0 Å². The van der Waals surface area contributed by atoms with E-state index in [9.17, 15) is 19.8 Å². The topological polar surface area (TPSA) is 108 Å². The molecule has 16 heavy (non-hydrogen) atoms. The van der Waals surface area contributed by atoms with Crippen molar-refractivity contribution in [1.82, 2.24) is 0 Å². The number of hydrogen-bond donors (Lipinski definition) is 3. The molecule has 6 nitrogen and oxygen atoms in total. The molecule has 0 radical (unpaired) electrons. The van der Waals surface area contributed by atoms with E-state index in [1.54, 1.807) is 0 Å². The monoisotopic (exact) mass is 222 g/mol. The van der Waals surface area contributed by atoms with Crippen molar-refractivity contribution in [3.05, 3.63) is 34.2 Å². The van der Waals surface area contributed by atoms with Crippen LogP contribution in [0.4, 0.5) is 0 Å². The highest BCUT2D eigenvalue weighted by molar-refractivity contribution is 5.99. The highest BCUT2D eigenvalue weighted by atomic mass is 16.4. The second kappa shape index (κ2) is 3.27. The fourth-order valence-corrected chi connectivity index (χ4v) is 1.40. The number of carboxylic acids is 1. The first-order valence-corrected chi connectivity index (χ1v) is 4.23. The Kier molecular flexibility index (Phi) is 2.05. The molecule has 0 saturated carbocycles. The van der Waals surface area contributed by atoms with Crippen LogP contribution in [0, 0.1) is 0 Å². The third kappa shape index (κ3) is 1.28. The number of aromatic carboxylic acids is 1. The van der Waals surface area contributed by atoms with Crippen LogP contribution in [0.2, 0.25) is 0 Å². The third-order valence-corrected chi connectivity index (χ3v) is 2.10. The van der Waals surface area contributed by atoms with Gasteiger partial charge in [-0.1, -0.05) is 6.07 Å². The zero-order valence-corrected chi connectivity index (χ0v) is 7.80. The molecule has 6 heteroatoms. The Labute approximate surface area is 88.0 Å². The molecule has 0 fully saturated rings. The number of aromatic hydroxyl groups is 2. The van der Waals surface area contributed by atoms with E-state index < -0.39 is 22.9 Å². The molecule has 0 saturated heterocycles. The fourth-order valence-electron chi connectivity index (χ4n) is 1.40. The van der Waals surface area contributed by atoms with Crippen LogP contribution in [-0.4, -0.2) is 21.3 Å². The molecular weight excluding hydrogens is 216 g/mol. The van der Waals surface area contributed by atoms with Gasteiger partial charge in [-0.05, 0) is 12.1 Å². The summed E-state index contributed by atoms with van der Waals surface area (Å²) in [7, 11) is 0. The summed E-state index contributed by atoms with van der Waals surface area (Å²) in [4.78, 5) is 21.9. The number of phenols is 1. The first-order valence-electron chi connectivity index (χ1n) is 4.23. The standard InChI is InChI=1S/C10H6O6/c11-4-2-1-3-5-6(4)8(12)7(9(13)14)10(15)16-5/h1-3,11-12H,(H,13,14). The lowest BCUT2D eigenvalue weighted by atomic mass is 10.1. The zero-order valence-electron chi connectivity index (χ0n) is 7.80. The minimum Gasteiger partial charge on any atom is -0.507 e. The normalized spacial score (nSPS) is 10.5. The molecule has 3 N–H and O–H groups in total. The molecule has 0 amide bonds. The number of fused-ring (bicyclic) bond motifs is 1. The summed E-state index contributed by atoms with van der Waals surface area (Å²) >= 11 is 0. The predicted molar refractivity (Wildman–Crippen MR) is 52.8 cm³/mol. The van der Waals surface area contributed by atoms with E-state index >= 15 is 0 Å². The molecule has 1 aromatic heterocycles. The SMILES string of the molecule is O=C(O)c1c(O)c2c(O)cccc2oc1=O. The molecule has 0 aliphatic heterocycles. The van der Waals surface area contributed by atoms with Gasteiger partial charge >= 0.3 is 11.6 Å². The van der Waals surface area contributed by atoms with Crippen LogP contribution in [0.5, 0.6) is 11.5 Å². The maximum atomic E-state index is 11.2. The van der Waals surface area contributed by atoms with Crippen molar-refractivity contribution in [3.8, 4) is 11.5 Å². The van der Waals surface area contributed by atoms with E-state index in [1.807, 2.05) is 0 Å². The summed E-state index contributed by atoms with van der Waals surface area (Å²) < 4.78 is 4.66. The van der Waals surface area contributed by atoms with E-state index in [0.717, 1.165) is 0 Å². The highest BCUT2D eigenvalue weighted by Crippen LogP contribution is 2.33. The summed E-state index contributed by atoms with van der Waals surface area (Å²) in [5, 5.41) is 27.5. The van der Waals surface area contributed by atoms with Gasteiger partial charge in [-0.15, -0.1) is 0 Å². The molecule has 0 spiro atoms. The molecule has 2 rings (SSSR count). The van der Waals surface area contributed by atoms with Crippen molar-refractivity contribution in [2.75, 3.05) is 0 Å². The van der Waals surface area contributed by atoms with Gasteiger partial charge in [0.15, 0.2) is 11.3 Å². The molecular formula is C10H6O6. The molecule has 0 bridgehead atoms. The average Bonchev–Trinajstić information content (AvgIpc) is 2.15. The van der Waals surface area contributed by atoms with E-state index in [4.69, 9.17) is 5.11 Å². The second-order valence-electron chi connectivity index (χ2n) is 3.07. The Morgan fingerprint density at radius 3 is 2.56 bits per heavy atom. The van der Waals surface area contributed by atoms with Crippen molar-refractivity contribution in [2.24, 2.45) is 0 Å². The van der Waals surface area contributed by atoms with E-state index in [0.29, 0.717) is 0 Å². The number of rotatable bonds is 1. The van der Waals surface area contributed by atoms with Crippen molar-refractivity contribution in [1.29, 1.82) is 0 Å². The van der Waals surface area contributed by atoms with Gasteiger partial charge in [0, 0.05) is 0 Å². The average molecular weight is 222 g/mol. The lowest BCUT2D eigenvalue weighted by molar-refractivity contribution is 0.0689. The van der Waals surface area contributed by atoms with Gasteiger partial charge in [0.05, 0.1) is 0 Å². The summed E-state index contributed by atoms with van der Waals surface area (Å²) in [6.07, 6.45) is 0. The maximum Gasteiger partial charge on any atom is 0.354 e. The lowest BCUT2D eigenvalue weighted by Gasteiger charge is -2.04. The van der Waals surface area contributed by atoms with Gasteiger partial charge in [0.25, 0.3) is 0 Å². The van der Waals surface area contributed by atoms with Gasteiger partial charge in [0.1, 0.15) is 16.7 Å². The van der Waals surface area contributed by atoms with Crippen LogP contribution in [0.3, 0.4) is 0 Å². The highest BCUT2D eigenvalue weighted by Gasteiger charge is 2.21. The van der Waals surface area contributed by atoms with Crippen LogP contribution < -0.4 is 5.63 Å². The molecule has 1 aromatic carbocycles. The Hall–Kier alpha value is -2.50. The van der Waals surface area contributed by atoms with E-state index in [2.05, 4.69) is 4.42 Å². The first kappa shape index (κ1) is 10.0. The third-order valence-electron chi connectivity index (χ3n) is 2.10. The largest absolute Gasteiger partial charge is 0.507 e. The summed E-state index contributed by atoms with van der Waals surface area (Å²) in [5.74, 6) is -2.77. The Morgan fingerprint density at radius 2 is 1.94 bits per heavy atom. The van der Waals surface area contributed by atoms with Gasteiger partial charge < -0.3 is 19.7 Å². The molecule has 1 heterocycles. The fraction of sp³-hybridized carbons (Fsp3) is 0. The summed E-state index contributed by atoms with van der Waals surface area (Å²) in [6.45, 7) is 0. The smallest absolute Gasteiger partial charge is 0.354 e. The minimum atomic E-state index is -1.61. The van der Waals surface area contributed by atoms with Crippen LogP contribution in [-0.2, 0) is 0 Å². The Bertz CT molecular complexity index is 640. The Balaban J connectivity index is 3.03. The maximum absolute atomic E-state index is 11.2. The van der Waals surface area contributed by atoms with E-state index in [-0.39, 0.29) is 16.7 Å². The first-order chi connectivity index (χ1) is 7.52. The quantitative estimate of drug-likeness (QED) is 0.618. The minimum absolute atomic E-state index is 0.0764. The van der Waals surface area contributed by atoms with Gasteiger partial charge in [-0.2, -0.15) is 0 Å². The van der Waals surface area contributed by atoms with Crippen LogP contribution in [0.1, 0.15) is 10.4 Å². The molecule has 2 aromatic rings. The number of carbonyl (C=O) groups is 1. The number of hydrogen-bond acceptors (Lipinski definition) is 5. The zero-order chi connectivity index (χ0) is 11.9. The lowest BCUT2D eigenvalue weighted by Crippen LogP contribution is -2.13. The predicted octanol–water partition coefficient (Wildman–Crippen LogP) is 0.902. The van der Waals surface area contributed by atoms with Crippen molar-refractivity contribution < 1.29 is 24.5 Å². The molecule has 0 aliphatic carbocycles. The summed E-state index contributed by atoms with van der Waals surface area (Å²) in [5.41, 5.74) is -2.13. The van der Waals surface area contributed by atoms with E-state index in [1.165, 1.54) is 18.2 Å². The van der Waals surface area contributed by atoms with Crippen LogP contribution >= 0.6 is 0 Å². The van der Waals surface area contributed by atoms with Crippen molar-refractivity contribution in [3.63, 3.8) is 0 Å². The molecule has 0 atom stereocenters. The Morgan fingerprint density at radius 1 is 1.25 bits per heavy atom. The second-order valence-corrected chi connectivity index (χ2v) is 3.07. The molecule has 82 valence electrons. The van der Waals surface area contributed by atoms with Gasteiger partial charge in [-0.3, -0.25) is 0 Å². The molecule has 0 aliphatic rings. The van der Waals surface area contributed by atoms with Crippen molar-refractivity contribution in [2.45, 2.75) is 0 Å². The van der Waals surface area contributed by atoms with Crippen molar-refractivity contribution >= 4 is 16.9 Å². The van der Waals surface area contributed by atoms with Crippen LogP contribution in [0.15, 0.2) is 27.4 Å². The summed E-state index contributed by atoms with van der Waals surface area (Å²) in [6, 6.07) is 3.98.